The first-order valence-corrected chi connectivity index (χ1v) is 11.6. The zero-order valence-electron chi connectivity index (χ0n) is 21.4. The van der Waals surface area contributed by atoms with Gasteiger partial charge in [-0.15, -0.1) is 0 Å². The average molecular weight is 525 g/mol. The summed E-state index contributed by atoms with van der Waals surface area (Å²) in [4.78, 5) is 18.3. The summed E-state index contributed by atoms with van der Waals surface area (Å²) >= 11 is 0. The maximum Gasteiger partial charge on any atom is 0.416 e. The second-order valence-electron chi connectivity index (χ2n) is 8.84. The van der Waals surface area contributed by atoms with Crippen LogP contribution in [-0.2, 0) is 27.2 Å². The van der Waals surface area contributed by atoms with Crippen LogP contribution in [-0.4, -0.2) is 60.4 Å². The first kappa shape index (κ1) is 31.7. The number of benzene rings is 1. The second-order valence-corrected chi connectivity index (χ2v) is 8.84. The van der Waals surface area contributed by atoms with E-state index in [4.69, 9.17) is 9.47 Å². The molecular weight excluding hydrogens is 487 g/mol. The third-order valence-electron chi connectivity index (χ3n) is 5.11. The summed E-state index contributed by atoms with van der Waals surface area (Å²) < 4.78 is 70.2. The van der Waals surface area contributed by atoms with Gasteiger partial charge in [-0.25, -0.2) is 13.8 Å². The van der Waals surface area contributed by atoms with Crippen molar-refractivity contribution < 1.29 is 36.2 Å². The third-order valence-corrected chi connectivity index (χ3v) is 5.11. The maximum atomic E-state index is 12.7. The van der Waals surface area contributed by atoms with Crippen molar-refractivity contribution in [1.29, 1.82) is 0 Å². The summed E-state index contributed by atoms with van der Waals surface area (Å²) in [6, 6.07) is 5.49. The number of fused-ring (bicyclic) bond motifs is 1. The van der Waals surface area contributed by atoms with Crippen LogP contribution in [0.15, 0.2) is 18.2 Å². The smallest absolute Gasteiger partial charge is 0.381 e. The van der Waals surface area contributed by atoms with Gasteiger partial charge in [0.2, 0.25) is 11.8 Å². The Labute approximate surface area is 208 Å². The lowest BCUT2D eigenvalue weighted by molar-refractivity contribution is -0.263. The van der Waals surface area contributed by atoms with Gasteiger partial charge in [-0.3, -0.25) is 4.79 Å². The number of nitrogens with zero attached hydrogens (tertiary/aromatic N) is 1. The van der Waals surface area contributed by atoms with Crippen LogP contribution in [0.5, 0.6) is 0 Å². The SMILES string of the molecule is CC(=O)NCc1ccc2nc(CCOC(C)(C)C(F)(F)F)[nH]c2c1.CN.COC1CC1.FC1(F)CC1. The Morgan fingerprint density at radius 2 is 1.81 bits per heavy atom. The van der Waals surface area contributed by atoms with Crippen molar-refractivity contribution in [2.75, 3.05) is 20.8 Å². The number of ether oxygens (including phenoxy) is 2. The van der Waals surface area contributed by atoms with Crippen LogP contribution < -0.4 is 11.1 Å². The van der Waals surface area contributed by atoms with Gasteiger partial charge in [-0.05, 0) is 51.4 Å². The predicted octanol–water partition coefficient (Wildman–Crippen LogP) is 4.88. The predicted molar refractivity (Wildman–Crippen MR) is 128 cm³/mol. The highest BCUT2D eigenvalue weighted by atomic mass is 19.4. The molecule has 1 aromatic heterocycles. The number of alkyl halides is 5. The fourth-order valence-corrected chi connectivity index (χ4v) is 2.45. The van der Waals surface area contributed by atoms with Crippen LogP contribution in [0.4, 0.5) is 22.0 Å². The molecule has 0 radical (unpaired) electrons. The van der Waals surface area contributed by atoms with Gasteiger partial charge in [0.15, 0.2) is 5.60 Å². The first-order valence-electron chi connectivity index (χ1n) is 11.6. The molecule has 36 heavy (non-hydrogen) atoms. The van der Waals surface area contributed by atoms with E-state index in [1.807, 2.05) is 12.1 Å². The van der Waals surface area contributed by atoms with E-state index in [0.717, 1.165) is 24.9 Å². The summed E-state index contributed by atoms with van der Waals surface area (Å²) in [5, 5.41) is 2.70. The highest BCUT2D eigenvalue weighted by Gasteiger charge is 2.48. The number of hydrogen-bond donors (Lipinski definition) is 3. The molecule has 2 aliphatic rings. The Morgan fingerprint density at radius 1 is 1.22 bits per heavy atom. The van der Waals surface area contributed by atoms with E-state index in [9.17, 15) is 26.7 Å². The molecule has 0 spiro atoms. The molecule has 206 valence electrons. The summed E-state index contributed by atoms with van der Waals surface area (Å²) in [7, 11) is 3.26. The minimum atomic E-state index is -4.42. The van der Waals surface area contributed by atoms with Gasteiger partial charge in [0, 0.05) is 39.8 Å². The molecule has 1 amide bonds. The van der Waals surface area contributed by atoms with Gasteiger partial charge in [-0.1, -0.05) is 6.07 Å². The summed E-state index contributed by atoms with van der Waals surface area (Å²) in [6.07, 6.45) is -0.725. The van der Waals surface area contributed by atoms with E-state index in [2.05, 4.69) is 21.0 Å². The van der Waals surface area contributed by atoms with Crippen molar-refractivity contribution in [3.05, 3.63) is 29.6 Å². The topological polar surface area (TPSA) is 102 Å². The van der Waals surface area contributed by atoms with E-state index >= 15 is 0 Å². The molecule has 7 nitrogen and oxygen atoms in total. The molecule has 1 aromatic carbocycles. The fraction of sp³-hybridized carbons (Fsp3) is 0.667. The van der Waals surface area contributed by atoms with Crippen molar-refractivity contribution in [2.24, 2.45) is 5.73 Å². The number of methoxy groups -OCH3 is 1. The minimum Gasteiger partial charge on any atom is -0.381 e. The number of aromatic nitrogens is 2. The Hall–Kier alpha value is -2.31. The van der Waals surface area contributed by atoms with Gasteiger partial charge >= 0.3 is 6.18 Å². The molecule has 4 rings (SSSR count). The molecule has 2 fully saturated rings. The molecule has 4 N–H and O–H groups in total. The van der Waals surface area contributed by atoms with Gasteiger partial charge in [0.25, 0.3) is 0 Å². The number of imidazole rings is 1. The molecule has 1 heterocycles. The Kier molecular flexibility index (Phi) is 12.2. The first-order chi connectivity index (χ1) is 16.7. The number of halogens is 5. The van der Waals surface area contributed by atoms with Crippen LogP contribution >= 0.6 is 0 Å². The molecular formula is C24H37F5N4O3. The number of aromatic amines is 1. The lowest BCUT2D eigenvalue weighted by Gasteiger charge is -2.27. The zero-order valence-corrected chi connectivity index (χ0v) is 21.4. The van der Waals surface area contributed by atoms with E-state index in [1.165, 1.54) is 26.8 Å². The number of H-pyrrole nitrogens is 1. The molecule has 0 bridgehead atoms. The van der Waals surface area contributed by atoms with Crippen LogP contribution in [0.2, 0.25) is 0 Å². The van der Waals surface area contributed by atoms with E-state index < -0.39 is 17.7 Å². The molecule has 2 aromatic rings. The summed E-state index contributed by atoms with van der Waals surface area (Å²) in [6.45, 7) is 3.75. The minimum absolute atomic E-state index is 0.0922. The molecule has 12 heteroatoms. The third kappa shape index (κ3) is 12.1. The number of amides is 1. The maximum absolute atomic E-state index is 12.7. The Bertz CT molecular complexity index is 937. The van der Waals surface area contributed by atoms with Gasteiger partial charge in [-0.2, -0.15) is 13.2 Å². The van der Waals surface area contributed by atoms with Gasteiger partial charge in [0.05, 0.1) is 23.7 Å². The number of carbonyl (C=O) groups is 1. The molecule has 2 saturated carbocycles. The molecule has 2 aliphatic carbocycles. The number of nitrogens with two attached hydrogens (primary N) is 1. The van der Waals surface area contributed by atoms with E-state index in [0.29, 0.717) is 24.0 Å². The molecule has 0 atom stereocenters. The van der Waals surface area contributed by atoms with Gasteiger partial charge < -0.3 is 25.5 Å². The summed E-state index contributed by atoms with van der Waals surface area (Å²) in [5.74, 6) is -1.82. The number of rotatable bonds is 7. The molecule has 0 unspecified atom stereocenters. The Balaban J connectivity index is 0.000000438. The lowest BCUT2D eigenvalue weighted by atomic mass is 10.1. The number of carbonyl (C=O) groups excluding carboxylic acids is 1. The van der Waals surface area contributed by atoms with Crippen LogP contribution in [0.3, 0.4) is 0 Å². The number of nitrogens with one attached hydrogen (secondary N) is 2. The molecule has 0 saturated heterocycles. The summed E-state index contributed by atoms with van der Waals surface area (Å²) in [5.41, 5.74) is 4.70. The zero-order chi connectivity index (χ0) is 27.6. The highest BCUT2D eigenvalue weighted by molar-refractivity contribution is 5.76. The van der Waals surface area contributed by atoms with Gasteiger partial charge in [0.1, 0.15) is 5.82 Å². The highest BCUT2D eigenvalue weighted by Crippen LogP contribution is 2.40. The second kappa shape index (κ2) is 13.8. The van der Waals surface area contributed by atoms with E-state index in [-0.39, 0.29) is 31.8 Å². The van der Waals surface area contributed by atoms with Crippen LogP contribution in [0, 0.1) is 0 Å². The quantitative estimate of drug-likeness (QED) is 0.448. The molecule has 0 aliphatic heterocycles. The Morgan fingerprint density at radius 3 is 2.22 bits per heavy atom. The van der Waals surface area contributed by atoms with Crippen LogP contribution in [0.25, 0.3) is 11.0 Å². The standard InChI is InChI=1S/C16H20F3N3O2.C4H8O.C3H4F2.CH5N/c1-10(23)20-9-11-4-5-12-13(8-11)22-14(21-12)6-7-24-15(2,3)16(17,18)19;1-5-4-2-3-4;4-3(5)1-2-3;1-2/h4-5,8H,6-7,9H2,1-3H3,(H,20,23)(H,21,22);4H,2-3H2,1H3;1-2H2;2H2,1H3. The van der Waals surface area contributed by atoms with Crippen molar-refractivity contribution in [3.8, 4) is 0 Å². The van der Waals surface area contributed by atoms with E-state index in [1.54, 1.807) is 13.2 Å². The van der Waals surface area contributed by atoms with Crippen molar-refractivity contribution in [2.45, 2.75) is 83.2 Å². The lowest BCUT2D eigenvalue weighted by Crippen LogP contribution is -2.42. The van der Waals surface area contributed by atoms with Crippen LogP contribution in [0.1, 0.15) is 57.8 Å². The van der Waals surface area contributed by atoms with Crippen molar-refractivity contribution in [3.63, 3.8) is 0 Å². The number of hydrogen-bond acceptors (Lipinski definition) is 5. The normalized spacial score (nSPS) is 16.0. The van der Waals surface area contributed by atoms with Crippen molar-refractivity contribution in [1.82, 2.24) is 15.3 Å². The van der Waals surface area contributed by atoms with Crippen molar-refractivity contribution >= 4 is 16.9 Å². The average Bonchev–Trinajstić information content (AvgIpc) is 3.72. The fourth-order valence-electron chi connectivity index (χ4n) is 2.45. The largest absolute Gasteiger partial charge is 0.416 e. The monoisotopic (exact) mass is 524 g/mol.